The number of benzene rings is 1. The minimum atomic E-state index is 0.560. The van der Waals surface area contributed by atoms with Gasteiger partial charge in [0, 0.05) is 10.5 Å². The molecule has 0 spiro atoms. The van der Waals surface area contributed by atoms with E-state index in [1.807, 2.05) is 18.2 Å². The number of nitrogens with zero attached hydrogens (tertiary/aromatic N) is 2. The Kier molecular flexibility index (Phi) is 3.38. The molecule has 0 atom stereocenters. The Labute approximate surface area is 98.2 Å². The molecule has 3 N–H and O–H groups in total. The van der Waals surface area contributed by atoms with Crippen LogP contribution in [0.4, 0.5) is 5.82 Å². The zero-order valence-electron chi connectivity index (χ0n) is 8.84. The van der Waals surface area contributed by atoms with Crippen LogP contribution in [0.25, 0.3) is 11.3 Å². The predicted octanol–water partition coefficient (Wildman–Crippen LogP) is 2.15. The molecule has 1 aromatic heterocycles. The maximum Gasteiger partial charge on any atom is 0.162 e. The van der Waals surface area contributed by atoms with Gasteiger partial charge in [0.25, 0.3) is 0 Å². The van der Waals surface area contributed by atoms with Crippen LogP contribution in [0.15, 0.2) is 41.3 Å². The van der Waals surface area contributed by atoms with Crippen molar-refractivity contribution in [2.45, 2.75) is 4.90 Å². The number of nitrogen functional groups attached to an aromatic ring is 1. The van der Waals surface area contributed by atoms with Gasteiger partial charge in [-0.1, -0.05) is 12.1 Å². The number of aromatic nitrogens is 2. The van der Waals surface area contributed by atoms with Crippen LogP contribution in [0, 0.1) is 0 Å². The molecule has 82 valence electrons. The van der Waals surface area contributed by atoms with E-state index in [0.29, 0.717) is 5.82 Å². The van der Waals surface area contributed by atoms with Gasteiger partial charge in [-0.15, -0.1) is 22.0 Å². The number of nitrogens with two attached hydrogens (primary N) is 1. The number of hydrogen-bond acceptors (Lipinski definition) is 5. The van der Waals surface area contributed by atoms with Crippen LogP contribution in [-0.2, 0) is 0 Å². The Balaban J connectivity index is 2.28. The molecule has 16 heavy (non-hydrogen) atoms. The predicted molar refractivity (Wildman–Crippen MR) is 67.1 cm³/mol. The molecule has 1 aromatic carbocycles. The van der Waals surface area contributed by atoms with Crippen LogP contribution in [-0.4, -0.2) is 16.5 Å². The normalized spacial score (nSPS) is 10.1. The number of nitrogens with one attached hydrogen (secondary N) is 1. The second-order valence-electron chi connectivity index (χ2n) is 3.18. The fourth-order valence-electron chi connectivity index (χ4n) is 1.32. The van der Waals surface area contributed by atoms with E-state index in [-0.39, 0.29) is 0 Å². The molecule has 0 saturated heterocycles. The van der Waals surface area contributed by atoms with E-state index >= 15 is 0 Å². The lowest BCUT2D eigenvalue weighted by molar-refractivity contribution is 1.03. The summed E-state index contributed by atoms with van der Waals surface area (Å²) in [6.07, 6.45) is 2.05. The van der Waals surface area contributed by atoms with Crippen LogP contribution in [0.5, 0.6) is 0 Å². The van der Waals surface area contributed by atoms with Crippen molar-refractivity contribution in [3.05, 3.63) is 36.4 Å². The SMILES string of the molecule is CSc1ccc(-c2ccc(NN)nn2)cc1. The Hall–Kier alpha value is -1.59. The van der Waals surface area contributed by atoms with Crippen molar-refractivity contribution in [2.24, 2.45) is 5.84 Å². The monoisotopic (exact) mass is 232 g/mol. The first-order chi connectivity index (χ1) is 7.83. The van der Waals surface area contributed by atoms with Gasteiger partial charge >= 0.3 is 0 Å². The Bertz CT molecular complexity index is 407. The van der Waals surface area contributed by atoms with Crippen molar-refractivity contribution in [1.82, 2.24) is 10.2 Å². The van der Waals surface area contributed by atoms with Gasteiger partial charge in [0.05, 0.1) is 5.69 Å². The third kappa shape index (κ3) is 2.32. The number of hydrogen-bond donors (Lipinski definition) is 2. The summed E-state index contributed by atoms with van der Waals surface area (Å²) in [6.45, 7) is 0. The van der Waals surface area contributed by atoms with Gasteiger partial charge in [-0.05, 0) is 30.5 Å². The smallest absolute Gasteiger partial charge is 0.162 e. The standard InChI is InChI=1S/C11H12N4S/c1-16-9-4-2-8(3-5-9)10-6-7-11(13-12)15-14-10/h2-7H,12H2,1H3,(H,13,15). The zero-order valence-corrected chi connectivity index (χ0v) is 9.66. The highest BCUT2D eigenvalue weighted by atomic mass is 32.2. The topological polar surface area (TPSA) is 63.8 Å². The molecule has 0 aliphatic rings. The minimum Gasteiger partial charge on any atom is -0.307 e. The van der Waals surface area contributed by atoms with Crippen LogP contribution in [0.3, 0.4) is 0 Å². The molecule has 4 nitrogen and oxygen atoms in total. The lowest BCUT2D eigenvalue weighted by Crippen LogP contribution is -2.08. The molecule has 0 aliphatic carbocycles. The number of thioether (sulfide) groups is 1. The van der Waals surface area contributed by atoms with Crippen molar-refractivity contribution in [2.75, 3.05) is 11.7 Å². The summed E-state index contributed by atoms with van der Waals surface area (Å²) >= 11 is 1.72. The quantitative estimate of drug-likeness (QED) is 0.482. The molecule has 0 amide bonds. The van der Waals surface area contributed by atoms with Crippen molar-refractivity contribution in [3.63, 3.8) is 0 Å². The molecular weight excluding hydrogens is 220 g/mol. The van der Waals surface area contributed by atoms with Gasteiger partial charge in [-0.2, -0.15) is 0 Å². The largest absolute Gasteiger partial charge is 0.307 e. The Morgan fingerprint density at radius 3 is 2.31 bits per heavy atom. The molecule has 1 heterocycles. The van der Waals surface area contributed by atoms with E-state index < -0.39 is 0 Å². The Morgan fingerprint density at radius 1 is 1.06 bits per heavy atom. The second kappa shape index (κ2) is 4.96. The highest BCUT2D eigenvalue weighted by Crippen LogP contribution is 2.21. The van der Waals surface area contributed by atoms with Gasteiger partial charge in [0.2, 0.25) is 0 Å². The zero-order chi connectivity index (χ0) is 11.4. The summed E-state index contributed by atoms with van der Waals surface area (Å²) in [6, 6.07) is 11.9. The number of hydrazine groups is 1. The van der Waals surface area contributed by atoms with Gasteiger partial charge in [-0.25, -0.2) is 5.84 Å². The van der Waals surface area contributed by atoms with E-state index in [0.717, 1.165) is 11.3 Å². The first kappa shape index (κ1) is 10.9. The van der Waals surface area contributed by atoms with Crippen LogP contribution < -0.4 is 11.3 Å². The van der Waals surface area contributed by atoms with E-state index in [9.17, 15) is 0 Å². The average molecular weight is 232 g/mol. The third-order valence-corrected chi connectivity index (χ3v) is 2.94. The summed E-state index contributed by atoms with van der Waals surface area (Å²) in [5, 5.41) is 8.00. The third-order valence-electron chi connectivity index (χ3n) is 2.20. The fraction of sp³-hybridized carbons (Fsp3) is 0.0909. The van der Waals surface area contributed by atoms with Crippen molar-refractivity contribution < 1.29 is 0 Å². The first-order valence-corrected chi connectivity index (χ1v) is 6.01. The van der Waals surface area contributed by atoms with Crippen molar-refractivity contribution in [3.8, 4) is 11.3 Å². The summed E-state index contributed by atoms with van der Waals surface area (Å²) in [5.41, 5.74) is 4.34. The van der Waals surface area contributed by atoms with E-state index in [1.165, 1.54) is 4.90 Å². The number of anilines is 1. The first-order valence-electron chi connectivity index (χ1n) is 4.78. The van der Waals surface area contributed by atoms with Crippen molar-refractivity contribution in [1.29, 1.82) is 0 Å². The summed E-state index contributed by atoms with van der Waals surface area (Å²) in [5.74, 6) is 5.78. The molecule has 0 fully saturated rings. The minimum absolute atomic E-state index is 0.560. The maximum atomic E-state index is 5.22. The summed E-state index contributed by atoms with van der Waals surface area (Å²) in [4.78, 5) is 1.23. The summed E-state index contributed by atoms with van der Waals surface area (Å²) in [7, 11) is 0. The second-order valence-corrected chi connectivity index (χ2v) is 4.06. The van der Waals surface area contributed by atoms with Crippen molar-refractivity contribution >= 4 is 17.6 Å². The lowest BCUT2D eigenvalue weighted by Gasteiger charge is -2.02. The van der Waals surface area contributed by atoms with Gasteiger partial charge in [0.15, 0.2) is 5.82 Å². The molecule has 5 heteroatoms. The van der Waals surface area contributed by atoms with Gasteiger partial charge < -0.3 is 5.43 Å². The molecule has 0 saturated carbocycles. The molecular formula is C11H12N4S. The number of rotatable bonds is 3. The molecule has 0 unspecified atom stereocenters. The van der Waals surface area contributed by atoms with E-state index in [1.54, 1.807) is 17.8 Å². The van der Waals surface area contributed by atoms with Gasteiger partial charge in [-0.3, -0.25) is 0 Å². The maximum absolute atomic E-state index is 5.22. The van der Waals surface area contributed by atoms with Gasteiger partial charge in [0.1, 0.15) is 0 Å². The molecule has 0 bridgehead atoms. The Morgan fingerprint density at radius 2 is 1.81 bits per heavy atom. The molecule has 0 aliphatic heterocycles. The van der Waals surface area contributed by atoms with Crippen LogP contribution in [0.1, 0.15) is 0 Å². The summed E-state index contributed by atoms with van der Waals surface area (Å²) < 4.78 is 0. The van der Waals surface area contributed by atoms with Crippen LogP contribution >= 0.6 is 11.8 Å². The lowest BCUT2D eigenvalue weighted by atomic mass is 10.1. The molecule has 0 radical (unpaired) electrons. The highest BCUT2D eigenvalue weighted by molar-refractivity contribution is 7.98. The molecule has 2 rings (SSSR count). The van der Waals surface area contributed by atoms with E-state index in [2.05, 4.69) is 34.0 Å². The van der Waals surface area contributed by atoms with Crippen LogP contribution in [0.2, 0.25) is 0 Å². The molecule has 2 aromatic rings. The van der Waals surface area contributed by atoms with E-state index in [4.69, 9.17) is 5.84 Å². The fourth-order valence-corrected chi connectivity index (χ4v) is 1.73. The average Bonchev–Trinajstić information content (AvgIpc) is 2.39. The highest BCUT2D eigenvalue weighted by Gasteiger charge is 2.00.